The van der Waals surface area contributed by atoms with Gasteiger partial charge in [-0.1, -0.05) is 12.8 Å². The third kappa shape index (κ3) is 4.79. The molecule has 0 aliphatic carbocycles. The molecule has 0 saturated carbocycles. The molecule has 4 heterocycles. The second kappa shape index (κ2) is 9.24. The topological polar surface area (TPSA) is 59.3 Å². The van der Waals surface area contributed by atoms with Crippen LogP contribution in [0.5, 0.6) is 0 Å². The number of amides is 1. The Bertz CT molecular complexity index is 836. The summed E-state index contributed by atoms with van der Waals surface area (Å²) >= 11 is 0. The Kier molecular flexibility index (Phi) is 6.47. The molecule has 0 radical (unpaired) electrons. The Hall–Kier alpha value is -1.96. The summed E-state index contributed by atoms with van der Waals surface area (Å²) in [4.78, 5) is 22.3. The predicted octanol–water partition coefficient (Wildman–Crippen LogP) is 2.51. The molecule has 0 N–H and O–H groups in total. The van der Waals surface area contributed by atoms with Crippen LogP contribution in [0.1, 0.15) is 47.4 Å². The fourth-order valence-electron chi connectivity index (χ4n) is 4.25. The van der Waals surface area contributed by atoms with Gasteiger partial charge in [-0.15, -0.1) is 0 Å². The fourth-order valence-corrected chi connectivity index (χ4v) is 4.25. The number of ether oxygens (including phenoxy) is 2. The van der Waals surface area contributed by atoms with E-state index in [1.165, 1.54) is 12.8 Å². The fraction of sp³-hybridized carbons (Fsp3) is 0.636. The molecule has 29 heavy (non-hydrogen) atoms. The monoisotopic (exact) mass is 400 g/mol. The van der Waals surface area contributed by atoms with E-state index >= 15 is 0 Å². The Morgan fingerprint density at radius 2 is 2.03 bits per heavy atom. The van der Waals surface area contributed by atoms with Gasteiger partial charge in [-0.05, 0) is 44.5 Å². The maximum Gasteiger partial charge on any atom is 0.274 e. The smallest absolute Gasteiger partial charge is 0.274 e. The summed E-state index contributed by atoms with van der Waals surface area (Å²) in [6.07, 6.45) is 6.65. The molecule has 0 spiro atoms. The minimum Gasteiger partial charge on any atom is -0.376 e. The quantitative estimate of drug-likeness (QED) is 0.772. The normalized spacial score (nSPS) is 20.9. The van der Waals surface area contributed by atoms with Crippen LogP contribution in [0.25, 0.3) is 5.65 Å². The van der Waals surface area contributed by atoms with Gasteiger partial charge < -0.3 is 18.8 Å². The number of nitrogens with zero attached hydrogens (tertiary/aromatic N) is 4. The molecule has 2 aromatic rings. The Labute approximate surface area is 172 Å². The maximum atomic E-state index is 13.4. The van der Waals surface area contributed by atoms with Crippen molar-refractivity contribution in [3.63, 3.8) is 0 Å². The van der Waals surface area contributed by atoms with Crippen LogP contribution < -0.4 is 0 Å². The molecule has 7 nitrogen and oxygen atoms in total. The SMILES string of the molecule is Cc1ccn2c(CN(C)C[C@@H]3COCCO3)c(C(=O)N3CCCCCC3)nc2c1. The van der Waals surface area contributed by atoms with Gasteiger partial charge in [0.05, 0.1) is 31.6 Å². The summed E-state index contributed by atoms with van der Waals surface area (Å²) in [5.74, 6) is 0.0638. The van der Waals surface area contributed by atoms with Crippen molar-refractivity contribution in [2.24, 2.45) is 0 Å². The van der Waals surface area contributed by atoms with E-state index in [4.69, 9.17) is 14.5 Å². The number of pyridine rings is 1. The van der Waals surface area contributed by atoms with Crippen molar-refractivity contribution in [1.82, 2.24) is 19.2 Å². The molecule has 0 aromatic carbocycles. The molecule has 2 saturated heterocycles. The average Bonchev–Trinajstić information content (AvgIpc) is 2.89. The van der Waals surface area contributed by atoms with Crippen LogP contribution in [0.15, 0.2) is 18.3 Å². The van der Waals surface area contributed by atoms with Crippen LogP contribution in [-0.4, -0.2) is 77.7 Å². The van der Waals surface area contributed by atoms with Gasteiger partial charge in [0.2, 0.25) is 0 Å². The molecule has 4 rings (SSSR count). The van der Waals surface area contributed by atoms with Crippen molar-refractivity contribution in [3.05, 3.63) is 35.3 Å². The minimum atomic E-state index is 0.0638. The summed E-state index contributed by atoms with van der Waals surface area (Å²) in [5.41, 5.74) is 3.52. The number of carbonyl (C=O) groups is 1. The second-order valence-electron chi connectivity index (χ2n) is 8.31. The molecule has 1 atom stereocenters. The standard InChI is InChI=1S/C22H32N4O3/c1-17-7-10-26-19(15-24(2)14-18-16-28-11-12-29-18)21(23-20(26)13-17)22(27)25-8-5-3-4-6-9-25/h7,10,13,18H,3-6,8-9,11-12,14-16H2,1-2H3/t18-/m1/s1. The van der Waals surface area contributed by atoms with Crippen LogP contribution in [0, 0.1) is 6.92 Å². The lowest BCUT2D eigenvalue weighted by Crippen LogP contribution is -2.38. The lowest BCUT2D eigenvalue weighted by atomic mass is 10.2. The van der Waals surface area contributed by atoms with E-state index < -0.39 is 0 Å². The molecular formula is C22H32N4O3. The van der Waals surface area contributed by atoms with E-state index in [9.17, 15) is 4.79 Å². The zero-order valence-corrected chi connectivity index (χ0v) is 17.6. The highest BCUT2D eigenvalue weighted by Crippen LogP contribution is 2.20. The highest BCUT2D eigenvalue weighted by molar-refractivity contribution is 5.94. The summed E-state index contributed by atoms with van der Waals surface area (Å²) in [6, 6.07) is 4.11. The van der Waals surface area contributed by atoms with Gasteiger partial charge in [-0.3, -0.25) is 9.69 Å². The van der Waals surface area contributed by atoms with Crippen molar-refractivity contribution < 1.29 is 14.3 Å². The zero-order valence-electron chi connectivity index (χ0n) is 17.6. The Balaban J connectivity index is 1.59. The lowest BCUT2D eigenvalue weighted by Gasteiger charge is -2.27. The van der Waals surface area contributed by atoms with E-state index in [0.29, 0.717) is 32.1 Å². The molecule has 2 aliphatic heterocycles. The van der Waals surface area contributed by atoms with Gasteiger partial charge in [-0.25, -0.2) is 4.98 Å². The number of likely N-dealkylation sites (tertiary alicyclic amines) is 1. The van der Waals surface area contributed by atoms with Gasteiger partial charge in [-0.2, -0.15) is 0 Å². The van der Waals surface area contributed by atoms with Gasteiger partial charge in [0.15, 0.2) is 5.69 Å². The zero-order chi connectivity index (χ0) is 20.2. The van der Waals surface area contributed by atoms with Crippen LogP contribution >= 0.6 is 0 Å². The Morgan fingerprint density at radius 1 is 1.24 bits per heavy atom. The first-order chi connectivity index (χ1) is 14.1. The van der Waals surface area contributed by atoms with E-state index in [2.05, 4.69) is 29.3 Å². The number of imidazole rings is 1. The van der Waals surface area contributed by atoms with E-state index in [-0.39, 0.29) is 12.0 Å². The van der Waals surface area contributed by atoms with Crippen molar-refractivity contribution in [3.8, 4) is 0 Å². The predicted molar refractivity (Wildman–Crippen MR) is 111 cm³/mol. The minimum absolute atomic E-state index is 0.0638. The lowest BCUT2D eigenvalue weighted by molar-refractivity contribution is -0.0963. The number of carbonyl (C=O) groups excluding carboxylic acids is 1. The van der Waals surface area contributed by atoms with E-state index in [1.807, 2.05) is 17.2 Å². The number of fused-ring (bicyclic) bond motifs is 1. The summed E-state index contributed by atoms with van der Waals surface area (Å²) in [5, 5.41) is 0. The van der Waals surface area contributed by atoms with Crippen molar-refractivity contribution in [2.45, 2.75) is 45.3 Å². The Morgan fingerprint density at radius 3 is 2.76 bits per heavy atom. The molecule has 2 fully saturated rings. The summed E-state index contributed by atoms with van der Waals surface area (Å²) in [7, 11) is 2.06. The molecule has 0 bridgehead atoms. The molecular weight excluding hydrogens is 368 g/mol. The van der Waals surface area contributed by atoms with Crippen LogP contribution in [0.2, 0.25) is 0 Å². The molecule has 2 aliphatic rings. The molecule has 2 aromatic heterocycles. The molecule has 7 heteroatoms. The highest BCUT2D eigenvalue weighted by Gasteiger charge is 2.26. The number of aromatic nitrogens is 2. The number of rotatable bonds is 5. The number of hydrogen-bond acceptors (Lipinski definition) is 5. The average molecular weight is 401 g/mol. The van der Waals surface area contributed by atoms with Gasteiger partial charge in [0.1, 0.15) is 5.65 Å². The maximum absolute atomic E-state index is 13.4. The summed E-state index contributed by atoms with van der Waals surface area (Å²) < 4.78 is 13.4. The van der Waals surface area contributed by atoms with E-state index in [1.54, 1.807) is 0 Å². The largest absolute Gasteiger partial charge is 0.376 e. The first-order valence-electron chi connectivity index (χ1n) is 10.8. The molecule has 158 valence electrons. The van der Waals surface area contributed by atoms with Gasteiger partial charge in [0, 0.05) is 32.4 Å². The van der Waals surface area contributed by atoms with Gasteiger partial charge >= 0.3 is 0 Å². The number of hydrogen-bond donors (Lipinski definition) is 0. The first kappa shape index (κ1) is 20.3. The third-order valence-electron chi connectivity index (χ3n) is 5.80. The highest BCUT2D eigenvalue weighted by atomic mass is 16.6. The van der Waals surface area contributed by atoms with Crippen molar-refractivity contribution in [1.29, 1.82) is 0 Å². The summed E-state index contributed by atoms with van der Waals surface area (Å²) in [6.45, 7) is 7.04. The number of likely N-dealkylation sites (N-methyl/N-ethyl adjacent to an activating group) is 1. The first-order valence-corrected chi connectivity index (χ1v) is 10.8. The van der Waals surface area contributed by atoms with Crippen molar-refractivity contribution >= 4 is 11.6 Å². The second-order valence-corrected chi connectivity index (χ2v) is 8.31. The van der Waals surface area contributed by atoms with E-state index in [0.717, 1.165) is 49.4 Å². The van der Waals surface area contributed by atoms with Crippen molar-refractivity contribution in [2.75, 3.05) is 46.5 Å². The molecule has 0 unspecified atom stereocenters. The molecule has 1 amide bonds. The van der Waals surface area contributed by atoms with Crippen LogP contribution in [0.3, 0.4) is 0 Å². The van der Waals surface area contributed by atoms with Crippen LogP contribution in [0.4, 0.5) is 0 Å². The van der Waals surface area contributed by atoms with Gasteiger partial charge in [0.25, 0.3) is 5.91 Å². The number of aryl methyl sites for hydroxylation is 1. The third-order valence-corrected chi connectivity index (χ3v) is 5.80. The van der Waals surface area contributed by atoms with Crippen LogP contribution in [-0.2, 0) is 16.0 Å².